The number of rotatable bonds is 7. The van der Waals surface area contributed by atoms with E-state index in [0.29, 0.717) is 24.5 Å². The predicted molar refractivity (Wildman–Crippen MR) is 103 cm³/mol. The highest BCUT2D eigenvalue weighted by molar-refractivity contribution is 5.26. The molecule has 1 aromatic carbocycles. The SMILES string of the molecule is COCCn1nnnc1[C@H](c1ccccc1F)N1CCN(C2CCCC2)CC1. The Kier molecular flexibility index (Phi) is 6.29. The van der Waals surface area contributed by atoms with E-state index < -0.39 is 0 Å². The van der Waals surface area contributed by atoms with Crippen molar-refractivity contribution in [1.29, 1.82) is 0 Å². The number of benzene rings is 1. The molecule has 8 heteroatoms. The van der Waals surface area contributed by atoms with Crippen molar-refractivity contribution in [3.63, 3.8) is 0 Å². The molecule has 2 aromatic rings. The molecule has 2 aliphatic rings. The van der Waals surface area contributed by atoms with Crippen molar-refractivity contribution in [2.24, 2.45) is 0 Å². The van der Waals surface area contributed by atoms with Crippen molar-refractivity contribution in [2.75, 3.05) is 39.9 Å². The first kappa shape index (κ1) is 19.4. The van der Waals surface area contributed by atoms with Crippen LogP contribution in [-0.4, -0.2) is 75.9 Å². The minimum absolute atomic E-state index is 0.216. The van der Waals surface area contributed by atoms with Gasteiger partial charge in [0.1, 0.15) is 11.9 Å². The Morgan fingerprint density at radius 2 is 1.89 bits per heavy atom. The van der Waals surface area contributed by atoms with Gasteiger partial charge in [-0.1, -0.05) is 31.0 Å². The Hall–Kier alpha value is -1.90. The molecule has 0 unspecified atom stereocenters. The van der Waals surface area contributed by atoms with E-state index in [9.17, 15) is 4.39 Å². The first-order valence-electron chi connectivity index (χ1n) is 10.3. The standard InChI is InChI=1S/C20H29FN6O/c1-28-15-14-27-20(22-23-24-27)19(17-8-4-5-9-18(17)21)26-12-10-25(11-13-26)16-6-2-3-7-16/h4-5,8-9,16,19H,2-3,6-7,10-15H2,1H3/t19-/m0/s1. The van der Waals surface area contributed by atoms with E-state index in [1.807, 2.05) is 12.1 Å². The lowest BCUT2D eigenvalue weighted by atomic mass is 10.0. The molecule has 0 N–H and O–H groups in total. The van der Waals surface area contributed by atoms with Gasteiger partial charge < -0.3 is 4.74 Å². The monoisotopic (exact) mass is 388 g/mol. The van der Waals surface area contributed by atoms with Crippen molar-refractivity contribution in [2.45, 2.75) is 44.3 Å². The highest BCUT2D eigenvalue weighted by Crippen LogP contribution is 2.31. The lowest BCUT2D eigenvalue weighted by molar-refractivity contribution is 0.0754. The fourth-order valence-corrected chi connectivity index (χ4v) is 4.57. The zero-order valence-electron chi connectivity index (χ0n) is 16.5. The number of tetrazole rings is 1. The minimum atomic E-state index is -0.293. The van der Waals surface area contributed by atoms with Gasteiger partial charge in [-0.15, -0.1) is 5.10 Å². The average molecular weight is 388 g/mol. The Morgan fingerprint density at radius 1 is 1.14 bits per heavy atom. The fourth-order valence-electron chi connectivity index (χ4n) is 4.57. The van der Waals surface area contributed by atoms with Crippen molar-refractivity contribution in [3.05, 3.63) is 41.5 Å². The average Bonchev–Trinajstić information content (AvgIpc) is 3.41. The quantitative estimate of drug-likeness (QED) is 0.724. The second-order valence-electron chi connectivity index (χ2n) is 7.69. The third-order valence-corrected chi connectivity index (χ3v) is 6.07. The molecule has 1 aromatic heterocycles. The highest BCUT2D eigenvalue weighted by Gasteiger charge is 2.34. The molecule has 0 amide bonds. The van der Waals surface area contributed by atoms with Gasteiger partial charge in [-0.3, -0.25) is 9.80 Å². The summed E-state index contributed by atoms with van der Waals surface area (Å²) in [5, 5.41) is 12.3. The number of ether oxygens (including phenoxy) is 1. The second kappa shape index (κ2) is 9.07. The number of methoxy groups -OCH3 is 1. The van der Waals surface area contributed by atoms with E-state index in [2.05, 4.69) is 25.3 Å². The van der Waals surface area contributed by atoms with Gasteiger partial charge in [-0.05, 0) is 29.3 Å². The predicted octanol–water partition coefficient (Wildman–Crippen LogP) is 2.11. The van der Waals surface area contributed by atoms with Crippen LogP contribution in [0.3, 0.4) is 0 Å². The summed E-state index contributed by atoms with van der Waals surface area (Å²) < 4.78 is 21.7. The van der Waals surface area contributed by atoms with Gasteiger partial charge in [0.25, 0.3) is 0 Å². The Bertz CT molecular complexity index is 755. The molecule has 152 valence electrons. The largest absolute Gasteiger partial charge is 0.383 e. The van der Waals surface area contributed by atoms with Crippen LogP contribution < -0.4 is 0 Å². The van der Waals surface area contributed by atoms with Crippen LogP contribution in [0.2, 0.25) is 0 Å². The van der Waals surface area contributed by atoms with E-state index in [0.717, 1.165) is 32.2 Å². The smallest absolute Gasteiger partial charge is 0.173 e. The normalized spacial score (nSPS) is 20.6. The molecule has 1 saturated carbocycles. The summed E-state index contributed by atoms with van der Waals surface area (Å²) in [5.74, 6) is 0.462. The third kappa shape index (κ3) is 4.09. The van der Waals surface area contributed by atoms with Gasteiger partial charge >= 0.3 is 0 Å². The number of halogens is 1. The van der Waals surface area contributed by atoms with E-state index in [-0.39, 0.29) is 11.9 Å². The Morgan fingerprint density at radius 3 is 2.61 bits per heavy atom. The molecule has 1 aliphatic carbocycles. The van der Waals surface area contributed by atoms with Crippen LogP contribution in [0.1, 0.15) is 43.1 Å². The first-order valence-corrected chi connectivity index (χ1v) is 10.3. The molecule has 28 heavy (non-hydrogen) atoms. The van der Waals surface area contributed by atoms with Crippen LogP contribution in [0.15, 0.2) is 24.3 Å². The van der Waals surface area contributed by atoms with Crippen molar-refractivity contribution in [1.82, 2.24) is 30.0 Å². The van der Waals surface area contributed by atoms with Gasteiger partial charge in [0.15, 0.2) is 5.82 Å². The maximum absolute atomic E-state index is 14.8. The van der Waals surface area contributed by atoms with E-state index >= 15 is 0 Å². The lowest BCUT2D eigenvalue weighted by Crippen LogP contribution is -2.51. The first-order chi connectivity index (χ1) is 13.8. The summed E-state index contributed by atoms with van der Waals surface area (Å²) in [5.41, 5.74) is 0.630. The van der Waals surface area contributed by atoms with Crippen LogP contribution in [0.5, 0.6) is 0 Å². The summed E-state index contributed by atoms with van der Waals surface area (Å²) in [7, 11) is 1.65. The lowest BCUT2D eigenvalue weighted by Gasteiger charge is -2.41. The zero-order chi connectivity index (χ0) is 19.3. The van der Waals surface area contributed by atoms with Gasteiger partial charge in [-0.25, -0.2) is 9.07 Å². The number of piperazine rings is 1. The van der Waals surface area contributed by atoms with Crippen molar-refractivity contribution in [3.8, 4) is 0 Å². The number of hydrogen-bond acceptors (Lipinski definition) is 6. The summed E-state index contributed by atoms with van der Waals surface area (Å²) in [6.45, 7) is 4.84. The molecule has 1 saturated heterocycles. The van der Waals surface area contributed by atoms with Crippen LogP contribution in [-0.2, 0) is 11.3 Å². The molecular weight excluding hydrogens is 359 g/mol. The van der Waals surface area contributed by atoms with Crippen molar-refractivity contribution >= 4 is 0 Å². The maximum atomic E-state index is 14.8. The van der Waals surface area contributed by atoms with Crippen LogP contribution in [0.25, 0.3) is 0 Å². The van der Waals surface area contributed by atoms with E-state index in [4.69, 9.17) is 4.74 Å². The van der Waals surface area contributed by atoms with E-state index in [1.165, 1.54) is 31.7 Å². The summed E-state index contributed by atoms with van der Waals surface area (Å²) in [4.78, 5) is 4.93. The van der Waals surface area contributed by atoms with E-state index in [1.54, 1.807) is 17.9 Å². The molecular formula is C20H29FN6O. The minimum Gasteiger partial charge on any atom is -0.383 e. The molecule has 1 atom stereocenters. The Labute approximate surface area is 165 Å². The number of nitrogens with zero attached hydrogens (tertiary/aromatic N) is 6. The molecule has 0 bridgehead atoms. The number of aromatic nitrogens is 4. The fraction of sp³-hybridized carbons (Fsp3) is 0.650. The van der Waals surface area contributed by atoms with Gasteiger partial charge in [-0.2, -0.15) is 0 Å². The van der Waals surface area contributed by atoms with Crippen molar-refractivity contribution < 1.29 is 9.13 Å². The molecule has 2 fully saturated rings. The third-order valence-electron chi connectivity index (χ3n) is 6.07. The zero-order valence-corrected chi connectivity index (χ0v) is 16.5. The molecule has 1 aliphatic heterocycles. The topological polar surface area (TPSA) is 59.3 Å². The molecule has 2 heterocycles. The maximum Gasteiger partial charge on any atom is 0.173 e. The molecule has 7 nitrogen and oxygen atoms in total. The van der Waals surface area contributed by atoms with Gasteiger partial charge in [0, 0.05) is 44.9 Å². The second-order valence-corrected chi connectivity index (χ2v) is 7.69. The summed E-state index contributed by atoms with van der Waals surface area (Å²) in [6.07, 6.45) is 5.31. The Balaban J connectivity index is 1.58. The summed E-state index contributed by atoms with van der Waals surface area (Å²) in [6, 6.07) is 7.39. The van der Waals surface area contributed by atoms with Gasteiger partial charge in [0.05, 0.1) is 13.2 Å². The number of hydrogen-bond donors (Lipinski definition) is 0. The van der Waals surface area contributed by atoms with Gasteiger partial charge in [0.2, 0.25) is 0 Å². The summed E-state index contributed by atoms with van der Waals surface area (Å²) >= 11 is 0. The van der Waals surface area contributed by atoms with Crippen LogP contribution in [0, 0.1) is 5.82 Å². The highest BCUT2D eigenvalue weighted by atomic mass is 19.1. The molecule has 4 rings (SSSR count). The molecule has 0 radical (unpaired) electrons. The molecule has 0 spiro atoms. The van der Waals surface area contributed by atoms with Crippen LogP contribution >= 0.6 is 0 Å². The van der Waals surface area contributed by atoms with Crippen LogP contribution in [0.4, 0.5) is 4.39 Å².